The maximum Gasteiger partial charge on any atom is 0.243 e. The van der Waals surface area contributed by atoms with Gasteiger partial charge in [0.1, 0.15) is 5.75 Å². The number of nitrogens with two attached hydrogens (primary N) is 1. The van der Waals surface area contributed by atoms with Gasteiger partial charge in [0.15, 0.2) is 0 Å². The van der Waals surface area contributed by atoms with Crippen molar-refractivity contribution in [1.82, 2.24) is 4.31 Å². The van der Waals surface area contributed by atoms with Gasteiger partial charge in [0.2, 0.25) is 10.0 Å². The van der Waals surface area contributed by atoms with E-state index in [0.29, 0.717) is 13.0 Å². The van der Waals surface area contributed by atoms with Crippen molar-refractivity contribution < 1.29 is 18.3 Å². The minimum absolute atomic E-state index is 0.0465. The summed E-state index contributed by atoms with van der Waals surface area (Å²) in [5.41, 5.74) is 5.59. The van der Waals surface area contributed by atoms with Crippen LogP contribution in [0, 0.1) is 0 Å². The first kappa shape index (κ1) is 14.1. The molecular weight excluding hydrogens is 268 g/mol. The van der Waals surface area contributed by atoms with Crippen LogP contribution in [-0.4, -0.2) is 43.6 Å². The van der Waals surface area contributed by atoms with Gasteiger partial charge >= 0.3 is 0 Å². The van der Waals surface area contributed by atoms with E-state index in [0.717, 1.165) is 0 Å². The third kappa shape index (κ3) is 2.54. The Morgan fingerprint density at radius 3 is 2.68 bits per heavy atom. The third-order valence-electron chi connectivity index (χ3n) is 3.48. The highest BCUT2D eigenvalue weighted by Crippen LogP contribution is 2.28. The zero-order chi connectivity index (χ0) is 14.2. The molecule has 106 valence electrons. The van der Waals surface area contributed by atoms with E-state index >= 15 is 0 Å². The number of hydrogen-bond acceptors (Lipinski definition) is 5. The minimum atomic E-state index is -3.63. The molecule has 1 aromatic carbocycles. The lowest BCUT2D eigenvalue weighted by Gasteiger charge is -2.26. The first-order valence-electron chi connectivity index (χ1n) is 6.02. The van der Waals surface area contributed by atoms with Crippen LogP contribution in [0.4, 0.5) is 5.69 Å². The number of phenols is 1. The van der Waals surface area contributed by atoms with Crippen LogP contribution in [0.3, 0.4) is 0 Å². The van der Waals surface area contributed by atoms with Gasteiger partial charge in [-0.15, -0.1) is 0 Å². The summed E-state index contributed by atoms with van der Waals surface area (Å²) >= 11 is 0. The number of nitrogen functional groups attached to an aromatic ring is 1. The van der Waals surface area contributed by atoms with E-state index in [9.17, 15) is 13.5 Å². The summed E-state index contributed by atoms with van der Waals surface area (Å²) in [6.45, 7) is 2.41. The number of likely N-dealkylation sites (N-methyl/N-ethyl adjacent to an activating group) is 1. The first-order chi connectivity index (χ1) is 8.84. The van der Waals surface area contributed by atoms with E-state index in [-0.39, 0.29) is 28.5 Å². The SMILES string of the molecule is CC1OCCC1N(C)S(=O)(=O)c1ccc(O)c(N)c1. The second-order valence-electron chi connectivity index (χ2n) is 4.67. The van der Waals surface area contributed by atoms with Gasteiger partial charge in [-0.3, -0.25) is 0 Å². The molecule has 7 heteroatoms. The summed E-state index contributed by atoms with van der Waals surface area (Å²) in [6, 6.07) is 3.71. The van der Waals surface area contributed by atoms with Crippen molar-refractivity contribution in [2.45, 2.75) is 30.4 Å². The topological polar surface area (TPSA) is 92.9 Å². The molecule has 0 radical (unpaired) electrons. The van der Waals surface area contributed by atoms with Gasteiger partial charge in [0.05, 0.1) is 22.7 Å². The average Bonchev–Trinajstić information content (AvgIpc) is 2.77. The molecule has 0 aromatic heterocycles. The zero-order valence-electron chi connectivity index (χ0n) is 10.9. The predicted molar refractivity (Wildman–Crippen MR) is 71.3 cm³/mol. The lowest BCUT2D eigenvalue weighted by molar-refractivity contribution is 0.102. The Labute approximate surface area is 112 Å². The molecule has 3 N–H and O–H groups in total. The number of phenolic OH excluding ortho intramolecular Hbond substituents is 1. The zero-order valence-corrected chi connectivity index (χ0v) is 11.7. The predicted octanol–water partition coefficient (Wildman–Crippen LogP) is 0.772. The number of benzene rings is 1. The number of nitrogens with zero attached hydrogens (tertiary/aromatic N) is 1. The van der Waals surface area contributed by atoms with Crippen molar-refractivity contribution in [3.05, 3.63) is 18.2 Å². The van der Waals surface area contributed by atoms with Gasteiger partial charge < -0.3 is 15.6 Å². The number of sulfonamides is 1. The molecule has 1 fully saturated rings. The van der Waals surface area contributed by atoms with E-state index in [1.54, 1.807) is 0 Å². The van der Waals surface area contributed by atoms with Crippen molar-refractivity contribution in [2.75, 3.05) is 19.4 Å². The molecule has 2 rings (SSSR count). The van der Waals surface area contributed by atoms with Gasteiger partial charge in [-0.2, -0.15) is 4.31 Å². The van der Waals surface area contributed by atoms with E-state index in [1.807, 2.05) is 6.92 Å². The third-order valence-corrected chi connectivity index (χ3v) is 5.36. The van der Waals surface area contributed by atoms with Crippen LogP contribution in [-0.2, 0) is 14.8 Å². The lowest BCUT2D eigenvalue weighted by Crippen LogP contribution is -2.40. The lowest BCUT2D eigenvalue weighted by atomic mass is 10.2. The Bertz CT molecular complexity index is 573. The van der Waals surface area contributed by atoms with Crippen LogP contribution in [0.25, 0.3) is 0 Å². The molecule has 1 aromatic rings. The molecule has 1 saturated heterocycles. The quantitative estimate of drug-likeness (QED) is 0.632. The molecular formula is C12H18N2O4S. The summed E-state index contributed by atoms with van der Waals surface area (Å²) in [4.78, 5) is 0.0735. The molecule has 2 atom stereocenters. The van der Waals surface area contributed by atoms with Crippen molar-refractivity contribution >= 4 is 15.7 Å². The van der Waals surface area contributed by atoms with Crippen molar-refractivity contribution in [3.8, 4) is 5.75 Å². The smallest absolute Gasteiger partial charge is 0.243 e. The van der Waals surface area contributed by atoms with E-state index < -0.39 is 10.0 Å². The molecule has 6 nitrogen and oxygen atoms in total. The van der Waals surface area contributed by atoms with Gasteiger partial charge in [-0.1, -0.05) is 0 Å². The standard InChI is InChI=1S/C12H18N2O4S/c1-8-11(5-6-18-8)14(2)19(16,17)9-3-4-12(15)10(13)7-9/h3-4,7-8,11,15H,5-6,13H2,1-2H3. The monoisotopic (exact) mass is 286 g/mol. The van der Waals surface area contributed by atoms with Crippen LogP contribution < -0.4 is 5.73 Å². The van der Waals surface area contributed by atoms with Crippen LogP contribution in [0.15, 0.2) is 23.1 Å². The normalized spacial score (nSPS) is 23.9. The molecule has 0 bridgehead atoms. The van der Waals surface area contributed by atoms with Crippen molar-refractivity contribution in [1.29, 1.82) is 0 Å². The Balaban J connectivity index is 2.33. The molecule has 19 heavy (non-hydrogen) atoms. The molecule has 0 aliphatic carbocycles. The van der Waals surface area contributed by atoms with Gasteiger partial charge in [-0.05, 0) is 31.5 Å². The maximum atomic E-state index is 12.5. The fourth-order valence-corrected chi connectivity index (χ4v) is 3.72. The largest absolute Gasteiger partial charge is 0.506 e. The Kier molecular flexibility index (Phi) is 3.71. The van der Waals surface area contributed by atoms with E-state index in [1.165, 1.54) is 29.6 Å². The number of rotatable bonds is 3. The van der Waals surface area contributed by atoms with Crippen LogP contribution in [0.1, 0.15) is 13.3 Å². The van der Waals surface area contributed by atoms with E-state index in [4.69, 9.17) is 10.5 Å². The fraction of sp³-hybridized carbons (Fsp3) is 0.500. The molecule has 2 unspecified atom stereocenters. The second kappa shape index (κ2) is 4.99. The Morgan fingerprint density at radius 1 is 1.47 bits per heavy atom. The number of ether oxygens (including phenoxy) is 1. The highest BCUT2D eigenvalue weighted by molar-refractivity contribution is 7.89. The highest BCUT2D eigenvalue weighted by atomic mass is 32.2. The molecule has 0 spiro atoms. The molecule has 1 aliphatic rings. The van der Waals surface area contributed by atoms with Crippen molar-refractivity contribution in [2.24, 2.45) is 0 Å². The van der Waals surface area contributed by atoms with Gasteiger partial charge in [0.25, 0.3) is 0 Å². The summed E-state index contributed by atoms with van der Waals surface area (Å²) in [7, 11) is -2.10. The summed E-state index contributed by atoms with van der Waals surface area (Å²) in [5.74, 6) is -0.126. The van der Waals surface area contributed by atoms with Crippen LogP contribution in [0.5, 0.6) is 5.75 Å². The fourth-order valence-electron chi connectivity index (χ4n) is 2.24. The first-order valence-corrected chi connectivity index (χ1v) is 7.46. The van der Waals surface area contributed by atoms with Gasteiger partial charge in [-0.25, -0.2) is 8.42 Å². The van der Waals surface area contributed by atoms with Crippen LogP contribution >= 0.6 is 0 Å². The van der Waals surface area contributed by atoms with Crippen molar-refractivity contribution in [3.63, 3.8) is 0 Å². The number of hydrogen-bond donors (Lipinski definition) is 2. The summed E-state index contributed by atoms with van der Waals surface area (Å²) in [5, 5.41) is 9.35. The summed E-state index contributed by atoms with van der Waals surface area (Å²) in [6.07, 6.45) is 0.541. The average molecular weight is 286 g/mol. The van der Waals surface area contributed by atoms with Crippen LogP contribution in [0.2, 0.25) is 0 Å². The number of aromatic hydroxyl groups is 1. The van der Waals surface area contributed by atoms with E-state index in [2.05, 4.69) is 0 Å². The summed E-state index contributed by atoms with van der Waals surface area (Å²) < 4.78 is 31.6. The Hall–Kier alpha value is -1.31. The molecule has 1 aliphatic heterocycles. The minimum Gasteiger partial charge on any atom is -0.506 e. The molecule has 0 amide bonds. The second-order valence-corrected chi connectivity index (χ2v) is 6.67. The maximum absolute atomic E-state index is 12.5. The highest BCUT2D eigenvalue weighted by Gasteiger charge is 2.35. The number of anilines is 1. The Morgan fingerprint density at radius 2 is 2.16 bits per heavy atom. The van der Waals surface area contributed by atoms with Gasteiger partial charge in [0, 0.05) is 13.7 Å². The molecule has 0 saturated carbocycles. The molecule has 1 heterocycles.